The molecule has 5 nitrogen and oxygen atoms in total. The highest BCUT2D eigenvalue weighted by Gasteiger charge is 2.19. The van der Waals surface area contributed by atoms with Crippen molar-refractivity contribution in [2.45, 2.75) is 6.54 Å². The summed E-state index contributed by atoms with van der Waals surface area (Å²) in [4.78, 5) is 4.46. The molecule has 0 bridgehead atoms. The van der Waals surface area contributed by atoms with Crippen LogP contribution in [0, 0.1) is 5.82 Å². The molecule has 0 amide bonds. The number of rotatable bonds is 5. The maximum absolute atomic E-state index is 13.3. The zero-order valence-corrected chi connectivity index (χ0v) is 16.4. The Morgan fingerprint density at radius 3 is 2.44 bits per heavy atom. The summed E-state index contributed by atoms with van der Waals surface area (Å²) in [6.45, 7) is 4.17. The average Bonchev–Trinajstić information content (AvgIpc) is 2.68. The Labute approximate surface area is 164 Å². The Kier molecular flexibility index (Phi) is 6.47. The SMILES string of the molecule is COc1ccc(NC(=S)N2CCN(Cc3cccc(F)c3)CC2)cc1OC. The zero-order chi connectivity index (χ0) is 19.2. The maximum Gasteiger partial charge on any atom is 0.173 e. The van der Waals surface area contributed by atoms with E-state index in [9.17, 15) is 4.39 Å². The fraction of sp³-hybridized carbons (Fsp3) is 0.350. The normalized spacial score (nSPS) is 14.7. The molecule has 2 aromatic carbocycles. The molecule has 0 spiro atoms. The summed E-state index contributed by atoms with van der Waals surface area (Å²) in [6, 6.07) is 12.4. The van der Waals surface area contributed by atoms with Crippen LogP contribution < -0.4 is 14.8 Å². The lowest BCUT2D eigenvalue weighted by Crippen LogP contribution is -2.49. The summed E-state index contributed by atoms with van der Waals surface area (Å²) >= 11 is 5.56. The van der Waals surface area contributed by atoms with Crippen molar-refractivity contribution in [1.29, 1.82) is 0 Å². The van der Waals surface area contributed by atoms with Gasteiger partial charge in [-0.25, -0.2) is 4.39 Å². The van der Waals surface area contributed by atoms with Gasteiger partial charge in [0.2, 0.25) is 0 Å². The van der Waals surface area contributed by atoms with Gasteiger partial charge >= 0.3 is 0 Å². The molecule has 1 N–H and O–H groups in total. The second-order valence-electron chi connectivity index (χ2n) is 6.39. The quantitative estimate of drug-likeness (QED) is 0.791. The van der Waals surface area contributed by atoms with Gasteiger partial charge < -0.3 is 19.7 Å². The van der Waals surface area contributed by atoms with E-state index in [0.29, 0.717) is 16.6 Å². The van der Waals surface area contributed by atoms with E-state index >= 15 is 0 Å². The molecule has 27 heavy (non-hydrogen) atoms. The van der Waals surface area contributed by atoms with Gasteiger partial charge in [-0.05, 0) is 42.0 Å². The van der Waals surface area contributed by atoms with Crippen molar-refractivity contribution >= 4 is 23.0 Å². The number of piperazine rings is 1. The molecule has 0 aliphatic carbocycles. The number of hydrogen-bond acceptors (Lipinski definition) is 4. The van der Waals surface area contributed by atoms with E-state index in [1.54, 1.807) is 26.4 Å². The number of hydrogen-bond donors (Lipinski definition) is 1. The van der Waals surface area contributed by atoms with Gasteiger partial charge in [-0.15, -0.1) is 0 Å². The van der Waals surface area contributed by atoms with Crippen LogP contribution >= 0.6 is 12.2 Å². The highest BCUT2D eigenvalue weighted by molar-refractivity contribution is 7.80. The van der Waals surface area contributed by atoms with Crippen molar-refractivity contribution in [2.24, 2.45) is 0 Å². The Balaban J connectivity index is 1.52. The fourth-order valence-electron chi connectivity index (χ4n) is 3.12. The molecule has 7 heteroatoms. The van der Waals surface area contributed by atoms with Gasteiger partial charge in [0.1, 0.15) is 5.82 Å². The number of anilines is 1. The van der Waals surface area contributed by atoms with E-state index in [1.165, 1.54) is 6.07 Å². The first-order valence-corrected chi connectivity index (χ1v) is 9.24. The fourth-order valence-corrected chi connectivity index (χ4v) is 3.42. The second kappa shape index (κ2) is 9.01. The summed E-state index contributed by atoms with van der Waals surface area (Å²) in [7, 11) is 3.22. The highest BCUT2D eigenvalue weighted by Crippen LogP contribution is 2.29. The third-order valence-electron chi connectivity index (χ3n) is 4.59. The largest absolute Gasteiger partial charge is 0.493 e. The minimum absolute atomic E-state index is 0.188. The number of benzene rings is 2. The molecule has 0 radical (unpaired) electrons. The summed E-state index contributed by atoms with van der Waals surface area (Å²) in [5, 5.41) is 3.95. The molecule has 0 aromatic heterocycles. The summed E-state index contributed by atoms with van der Waals surface area (Å²) < 4.78 is 23.9. The monoisotopic (exact) mass is 389 g/mol. The van der Waals surface area contributed by atoms with Gasteiger partial charge in [-0.2, -0.15) is 0 Å². The van der Waals surface area contributed by atoms with Gasteiger partial charge in [-0.1, -0.05) is 12.1 Å². The Morgan fingerprint density at radius 1 is 1.04 bits per heavy atom. The van der Waals surface area contributed by atoms with E-state index < -0.39 is 0 Å². The molecule has 1 fully saturated rings. The molecule has 3 rings (SSSR count). The van der Waals surface area contributed by atoms with Crippen LogP contribution in [0.5, 0.6) is 11.5 Å². The van der Waals surface area contributed by atoms with Crippen LogP contribution in [0.4, 0.5) is 10.1 Å². The number of thiocarbonyl (C=S) groups is 1. The van der Waals surface area contributed by atoms with E-state index in [0.717, 1.165) is 44.0 Å². The van der Waals surface area contributed by atoms with Gasteiger partial charge in [0, 0.05) is 44.5 Å². The molecular weight excluding hydrogens is 365 g/mol. The number of halogens is 1. The predicted octanol–water partition coefficient (Wildman–Crippen LogP) is 3.36. The van der Waals surface area contributed by atoms with Crippen LogP contribution in [0.2, 0.25) is 0 Å². The summed E-state index contributed by atoms with van der Waals surface area (Å²) in [5.41, 5.74) is 1.86. The number of nitrogens with one attached hydrogen (secondary N) is 1. The predicted molar refractivity (Wildman–Crippen MR) is 109 cm³/mol. The average molecular weight is 389 g/mol. The molecule has 1 aliphatic heterocycles. The van der Waals surface area contributed by atoms with Crippen LogP contribution in [0.3, 0.4) is 0 Å². The van der Waals surface area contributed by atoms with Gasteiger partial charge in [0.15, 0.2) is 16.6 Å². The van der Waals surface area contributed by atoms with E-state index in [4.69, 9.17) is 21.7 Å². The molecule has 0 unspecified atom stereocenters. The summed E-state index contributed by atoms with van der Waals surface area (Å²) in [6.07, 6.45) is 0. The van der Waals surface area contributed by atoms with Crippen LogP contribution in [-0.2, 0) is 6.54 Å². The number of ether oxygens (including phenoxy) is 2. The Bertz CT molecular complexity index is 795. The third-order valence-corrected chi connectivity index (χ3v) is 4.95. The van der Waals surface area contributed by atoms with Crippen LogP contribution in [0.25, 0.3) is 0 Å². The minimum Gasteiger partial charge on any atom is -0.493 e. The second-order valence-corrected chi connectivity index (χ2v) is 6.78. The van der Waals surface area contributed by atoms with Crippen molar-refractivity contribution in [3.8, 4) is 11.5 Å². The van der Waals surface area contributed by atoms with Crippen molar-refractivity contribution < 1.29 is 13.9 Å². The molecule has 2 aromatic rings. The van der Waals surface area contributed by atoms with E-state index in [-0.39, 0.29) is 5.82 Å². The zero-order valence-electron chi connectivity index (χ0n) is 15.6. The van der Waals surface area contributed by atoms with E-state index in [1.807, 2.05) is 24.3 Å². The van der Waals surface area contributed by atoms with Gasteiger partial charge in [0.25, 0.3) is 0 Å². The Morgan fingerprint density at radius 2 is 1.78 bits per heavy atom. The molecule has 0 atom stereocenters. The molecule has 1 heterocycles. The minimum atomic E-state index is -0.188. The first kappa shape index (κ1) is 19.4. The highest BCUT2D eigenvalue weighted by atomic mass is 32.1. The smallest absolute Gasteiger partial charge is 0.173 e. The maximum atomic E-state index is 13.3. The molecule has 0 saturated carbocycles. The first-order valence-electron chi connectivity index (χ1n) is 8.84. The molecule has 144 valence electrons. The van der Waals surface area contributed by atoms with E-state index in [2.05, 4.69) is 15.1 Å². The van der Waals surface area contributed by atoms with Crippen molar-refractivity contribution in [3.63, 3.8) is 0 Å². The standard InChI is InChI=1S/C20H24FN3O2S/c1-25-18-7-6-17(13-19(18)26-2)22-20(27)24-10-8-23(9-11-24)14-15-4-3-5-16(21)12-15/h3-7,12-13H,8-11,14H2,1-2H3,(H,22,27). The Hall–Kier alpha value is -2.38. The molecular formula is C20H24FN3O2S. The van der Waals surface area contributed by atoms with Crippen LogP contribution in [-0.4, -0.2) is 55.3 Å². The van der Waals surface area contributed by atoms with Crippen molar-refractivity contribution in [2.75, 3.05) is 45.7 Å². The lowest BCUT2D eigenvalue weighted by atomic mass is 10.2. The number of methoxy groups -OCH3 is 2. The van der Waals surface area contributed by atoms with Crippen molar-refractivity contribution in [3.05, 3.63) is 53.8 Å². The topological polar surface area (TPSA) is 37.0 Å². The van der Waals surface area contributed by atoms with Crippen LogP contribution in [0.15, 0.2) is 42.5 Å². The lowest BCUT2D eigenvalue weighted by molar-refractivity contribution is 0.177. The molecule has 1 saturated heterocycles. The first-order chi connectivity index (χ1) is 13.1. The van der Waals surface area contributed by atoms with Crippen LogP contribution in [0.1, 0.15) is 5.56 Å². The lowest BCUT2D eigenvalue weighted by Gasteiger charge is -2.36. The van der Waals surface area contributed by atoms with Gasteiger partial charge in [-0.3, -0.25) is 4.90 Å². The van der Waals surface area contributed by atoms with Gasteiger partial charge in [0.05, 0.1) is 14.2 Å². The summed E-state index contributed by atoms with van der Waals surface area (Å²) in [5.74, 6) is 1.15. The molecule has 1 aliphatic rings. The third kappa shape index (κ3) is 5.08. The van der Waals surface area contributed by atoms with Crippen molar-refractivity contribution in [1.82, 2.24) is 9.80 Å². The number of nitrogens with zero attached hydrogens (tertiary/aromatic N) is 2.